The van der Waals surface area contributed by atoms with Gasteiger partial charge in [0.1, 0.15) is 0 Å². The first kappa shape index (κ1) is 18.3. The normalized spacial score (nSPS) is 15.2. The number of piperazine rings is 1. The lowest BCUT2D eigenvalue weighted by Gasteiger charge is -2.36. The molecule has 6 heteroatoms. The molecule has 1 aliphatic rings. The van der Waals surface area contributed by atoms with Gasteiger partial charge in [-0.25, -0.2) is 4.79 Å². The predicted molar refractivity (Wildman–Crippen MR) is 110 cm³/mol. The lowest BCUT2D eigenvalue weighted by molar-refractivity contribution is 0.0746. The van der Waals surface area contributed by atoms with Crippen molar-refractivity contribution in [3.05, 3.63) is 64.1 Å². The van der Waals surface area contributed by atoms with Crippen LogP contribution in [0.2, 0.25) is 0 Å². The zero-order valence-corrected chi connectivity index (χ0v) is 16.5. The maximum Gasteiger partial charge on any atom is 0.417 e. The van der Waals surface area contributed by atoms with E-state index in [0.717, 1.165) is 24.3 Å². The number of anilines is 1. The molecule has 1 aromatic heterocycles. The standard InChI is InChI=1S/C22H25N3O3/c1-22(2,3)16-6-4-15(5-7-16)20(26)25-12-10-24(11-13-25)17-8-9-19-18(14-17)23-21(27)28-19/h4-9,14H,10-13H2,1-3H3,(H,23,27). The molecule has 1 fully saturated rings. The van der Waals surface area contributed by atoms with Crippen molar-refractivity contribution in [1.82, 2.24) is 9.88 Å². The Labute approximate surface area is 163 Å². The Kier molecular flexibility index (Phi) is 4.49. The van der Waals surface area contributed by atoms with E-state index in [-0.39, 0.29) is 11.3 Å². The van der Waals surface area contributed by atoms with Gasteiger partial charge >= 0.3 is 5.76 Å². The van der Waals surface area contributed by atoms with E-state index < -0.39 is 5.76 Å². The van der Waals surface area contributed by atoms with Crippen molar-refractivity contribution in [2.45, 2.75) is 26.2 Å². The van der Waals surface area contributed by atoms with E-state index in [1.807, 2.05) is 41.3 Å². The highest BCUT2D eigenvalue weighted by atomic mass is 16.4. The molecule has 0 radical (unpaired) electrons. The third-order valence-corrected chi connectivity index (χ3v) is 5.33. The van der Waals surface area contributed by atoms with Crippen molar-refractivity contribution in [2.24, 2.45) is 0 Å². The van der Waals surface area contributed by atoms with Crippen molar-refractivity contribution in [1.29, 1.82) is 0 Å². The van der Waals surface area contributed by atoms with Crippen LogP contribution in [0.25, 0.3) is 11.1 Å². The number of nitrogens with one attached hydrogen (secondary N) is 1. The van der Waals surface area contributed by atoms with Gasteiger partial charge in [-0.15, -0.1) is 0 Å². The summed E-state index contributed by atoms with van der Waals surface area (Å²) >= 11 is 0. The molecule has 0 saturated carbocycles. The Bertz CT molecular complexity index is 1050. The molecule has 0 atom stereocenters. The van der Waals surface area contributed by atoms with Gasteiger partial charge in [-0.3, -0.25) is 9.78 Å². The quantitative estimate of drug-likeness (QED) is 0.741. The van der Waals surface area contributed by atoms with E-state index in [2.05, 4.69) is 30.7 Å². The molecule has 6 nitrogen and oxygen atoms in total. The number of nitrogens with zero attached hydrogens (tertiary/aromatic N) is 2. The van der Waals surface area contributed by atoms with Crippen molar-refractivity contribution in [2.75, 3.05) is 31.1 Å². The SMILES string of the molecule is CC(C)(C)c1ccc(C(=O)N2CCN(c3ccc4oc(=O)[nH]c4c3)CC2)cc1. The molecule has 0 spiro atoms. The van der Waals surface area contributed by atoms with Crippen LogP contribution in [0.15, 0.2) is 51.7 Å². The number of H-pyrrole nitrogens is 1. The van der Waals surface area contributed by atoms with E-state index in [1.165, 1.54) is 5.56 Å². The van der Waals surface area contributed by atoms with E-state index >= 15 is 0 Å². The number of oxazole rings is 1. The van der Waals surface area contributed by atoms with E-state index in [1.54, 1.807) is 6.07 Å². The Morgan fingerprint density at radius 2 is 1.68 bits per heavy atom. The molecular formula is C22H25N3O3. The van der Waals surface area contributed by atoms with Crippen molar-refractivity contribution in [3.63, 3.8) is 0 Å². The van der Waals surface area contributed by atoms with Crippen molar-refractivity contribution < 1.29 is 9.21 Å². The van der Waals surface area contributed by atoms with Crippen molar-refractivity contribution in [3.8, 4) is 0 Å². The van der Waals surface area contributed by atoms with Gasteiger partial charge in [0.2, 0.25) is 0 Å². The van der Waals surface area contributed by atoms with Gasteiger partial charge in [0.25, 0.3) is 5.91 Å². The number of carbonyl (C=O) groups is 1. The molecule has 146 valence electrons. The highest BCUT2D eigenvalue weighted by molar-refractivity contribution is 5.94. The monoisotopic (exact) mass is 379 g/mol. The fourth-order valence-corrected chi connectivity index (χ4v) is 3.60. The topological polar surface area (TPSA) is 69.6 Å². The van der Waals surface area contributed by atoms with Gasteiger partial charge < -0.3 is 14.2 Å². The highest BCUT2D eigenvalue weighted by Crippen LogP contribution is 2.24. The number of carbonyl (C=O) groups excluding carboxylic acids is 1. The lowest BCUT2D eigenvalue weighted by Crippen LogP contribution is -2.48. The summed E-state index contributed by atoms with van der Waals surface area (Å²) in [4.78, 5) is 31.0. The molecule has 4 rings (SSSR count). The van der Waals surface area contributed by atoms with Gasteiger partial charge in [-0.1, -0.05) is 32.9 Å². The van der Waals surface area contributed by atoms with Crippen LogP contribution in [0.3, 0.4) is 0 Å². The van der Waals surface area contributed by atoms with Gasteiger partial charge in [-0.2, -0.15) is 0 Å². The van der Waals surface area contributed by atoms with Crippen LogP contribution in [0.4, 0.5) is 5.69 Å². The molecule has 28 heavy (non-hydrogen) atoms. The van der Waals surface area contributed by atoms with Crippen LogP contribution >= 0.6 is 0 Å². The summed E-state index contributed by atoms with van der Waals surface area (Å²) in [6.07, 6.45) is 0. The summed E-state index contributed by atoms with van der Waals surface area (Å²) in [6.45, 7) is 9.33. The molecule has 1 N–H and O–H groups in total. The van der Waals surface area contributed by atoms with E-state index in [0.29, 0.717) is 24.2 Å². The molecule has 3 aromatic rings. The molecule has 1 saturated heterocycles. The molecule has 2 heterocycles. The number of rotatable bonds is 2. The number of hydrogen-bond acceptors (Lipinski definition) is 4. The summed E-state index contributed by atoms with van der Waals surface area (Å²) < 4.78 is 5.05. The van der Waals surface area contributed by atoms with Crippen molar-refractivity contribution >= 4 is 22.7 Å². The smallest absolute Gasteiger partial charge is 0.408 e. The first-order valence-electron chi connectivity index (χ1n) is 9.59. The molecule has 0 aliphatic carbocycles. The molecule has 1 amide bonds. The Balaban J connectivity index is 1.42. The van der Waals surface area contributed by atoms with Crippen LogP contribution in [0.5, 0.6) is 0 Å². The second-order valence-corrected chi connectivity index (χ2v) is 8.30. The molecule has 0 unspecified atom stereocenters. The van der Waals surface area contributed by atoms with E-state index in [9.17, 15) is 9.59 Å². The Hall–Kier alpha value is -3.02. The second kappa shape index (κ2) is 6.86. The number of fused-ring (bicyclic) bond motifs is 1. The predicted octanol–water partition coefficient (Wildman–Crippen LogP) is 3.38. The first-order chi connectivity index (χ1) is 13.3. The van der Waals surface area contributed by atoms with Crippen LogP contribution in [0, 0.1) is 0 Å². The Morgan fingerprint density at radius 1 is 1.00 bits per heavy atom. The summed E-state index contributed by atoms with van der Waals surface area (Å²) in [6, 6.07) is 13.6. The van der Waals surface area contributed by atoms with Crippen LogP contribution in [0.1, 0.15) is 36.7 Å². The number of aromatic nitrogens is 1. The fraction of sp³-hybridized carbons (Fsp3) is 0.364. The lowest BCUT2D eigenvalue weighted by atomic mass is 9.86. The number of hydrogen-bond donors (Lipinski definition) is 1. The average Bonchev–Trinajstić information content (AvgIpc) is 3.06. The molecule has 1 aliphatic heterocycles. The summed E-state index contributed by atoms with van der Waals surface area (Å²) in [7, 11) is 0. The summed E-state index contributed by atoms with van der Waals surface area (Å²) in [5, 5.41) is 0. The maximum absolute atomic E-state index is 12.8. The summed E-state index contributed by atoms with van der Waals surface area (Å²) in [5.74, 6) is -0.366. The molecular weight excluding hydrogens is 354 g/mol. The average molecular weight is 379 g/mol. The first-order valence-corrected chi connectivity index (χ1v) is 9.59. The maximum atomic E-state index is 12.8. The molecule has 0 bridgehead atoms. The second-order valence-electron chi connectivity index (χ2n) is 8.30. The van der Waals surface area contributed by atoms with Gasteiger partial charge in [0, 0.05) is 37.4 Å². The van der Waals surface area contributed by atoms with Gasteiger partial charge in [0.05, 0.1) is 5.52 Å². The van der Waals surface area contributed by atoms with Gasteiger partial charge in [0.15, 0.2) is 5.58 Å². The zero-order chi connectivity index (χ0) is 19.9. The third-order valence-electron chi connectivity index (χ3n) is 5.33. The van der Waals surface area contributed by atoms with Crippen LogP contribution in [-0.2, 0) is 5.41 Å². The third kappa shape index (κ3) is 3.54. The van der Waals surface area contributed by atoms with E-state index in [4.69, 9.17) is 4.42 Å². The largest absolute Gasteiger partial charge is 0.417 e. The number of benzene rings is 2. The zero-order valence-electron chi connectivity index (χ0n) is 16.5. The minimum atomic E-state index is -0.444. The summed E-state index contributed by atoms with van der Waals surface area (Å²) in [5.41, 5.74) is 4.31. The molecule has 2 aromatic carbocycles. The minimum Gasteiger partial charge on any atom is -0.408 e. The fourth-order valence-electron chi connectivity index (χ4n) is 3.60. The highest BCUT2D eigenvalue weighted by Gasteiger charge is 2.23. The number of amides is 1. The van der Waals surface area contributed by atoms with Gasteiger partial charge in [-0.05, 0) is 41.3 Å². The van der Waals surface area contributed by atoms with Crippen LogP contribution in [-0.4, -0.2) is 42.0 Å². The Morgan fingerprint density at radius 3 is 2.32 bits per heavy atom. The number of aromatic amines is 1. The minimum absolute atomic E-state index is 0.0770. The van der Waals surface area contributed by atoms with Crippen LogP contribution < -0.4 is 10.7 Å².